The van der Waals surface area contributed by atoms with Crippen LogP contribution < -0.4 is 10.5 Å². The van der Waals surface area contributed by atoms with Gasteiger partial charge in [-0.2, -0.15) is 10.3 Å². The number of nitrogens with two attached hydrogens (primary N) is 1. The number of carbonyl (C=O) groups excluding carboxylic acids is 1. The van der Waals surface area contributed by atoms with E-state index in [9.17, 15) is 10.1 Å². The molecule has 0 unspecified atom stereocenters. The van der Waals surface area contributed by atoms with Crippen molar-refractivity contribution in [1.82, 2.24) is 4.98 Å². The second-order valence-electron chi connectivity index (χ2n) is 7.45. The topological polar surface area (TPSA) is 101 Å². The van der Waals surface area contributed by atoms with E-state index in [4.69, 9.17) is 10.5 Å². The van der Waals surface area contributed by atoms with Crippen LogP contribution in [0.5, 0.6) is 5.75 Å². The maximum Gasteiger partial charge on any atom is 0.278 e. The Kier molecular flexibility index (Phi) is 5.84. The molecule has 30 heavy (non-hydrogen) atoms. The number of hydrogen-bond acceptors (Lipinski definition) is 4. The van der Waals surface area contributed by atoms with Crippen molar-refractivity contribution in [2.45, 2.75) is 27.7 Å². The molecular weight excluding hydrogens is 376 g/mol. The van der Waals surface area contributed by atoms with Gasteiger partial charge in [0, 0.05) is 28.1 Å². The Morgan fingerprint density at radius 1 is 1.20 bits per heavy atom. The standard InChI is InChI=1S/C24H24N4O2/c1-13(2)23(26)28-24(29)17-7-9-20-19(11-17)22(14(3)15(4)27-20)18-8-6-16(12-25)10-21(18)30-5/h6-11,13H,1-5H3,(H2,26,28,29). The lowest BCUT2D eigenvalue weighted by atomic mass is 9.93. The second kappa shape index (κ2) is 8.34. The average molecular weight is 400 g/mol. The number of amidine groups is 1. The summed E-state index contributed by atoms with van der Waals surface area (Å²) >= 11 is 0. The number of ether oxygens (including phenoxy) is 1. The molecule has 0 fully saturated rings. The molecule has 0 saturated carbocycles. The molecule has 3 aromatic rings. The molecule has 0 spiro atoms. The Morgan fingerprint density at radius 2 is 1.93 bits per heavy atom. The molecule has 1 aromatic heterocycles. The number of carbonyl (C=O) groups is 1. The lowest BCUT2D eigenvalue weighted by Crippen LogP contribution is -2.20. The zero-order chi connectivity index (χ0) is 22.0. The predicted octanol–water partition coefficient (Wildman–Crippen LogP) is 4.55. The number of methoxy groups -OCH3 is 1. The lowest BCUT2D eigenvalue weighted by molar-refractivity contribution is 0.100. The molecule has 152 valence electrons. The Balaban J connectivity index is 2.29. The molecular formula is C24H24N4O2. The Labute approximate surface area is 176 Å². The molecule has 0 atom stereocenters. The van der Waals surface area contributed by atoms with E-state index < -0.39 is 0 Å². The smallest absolute Gasteiger partial charge is 0.278 e. The minimum Gasteiger partial charge on any atom is -0.496 e. The Hall–Kier alpha value is -3.72. The molecule has 6 nitrogen and oxygen atoms in total. The van der Waals surface area contributed by atoms with Crippen LogP contribution in [0.25, 0.3) is 22.0 Å². The highest BCUT2D eigenvalue weighted by atomic mass is 16.5. The largest absolute Gasteiger partial charge is 0.496 e. The fourth-order valence-electron chi connectivity index (χ4n) is 3.24. The van der Waals surface area contributed by atoms with Crippen LogP contribution in [0.1, 0.15) is 41.0 Å². The van der Waals surface area contributed by atoms with Gasteiger partial charge in [-0.1, -0.05) is 13.8 Å². The number of aryl methyl sites for hydroxylation is 1. The van der Waals surface area contributed by atoms with Gasteiger partial charge in [-0.25, -0.2) is 0 Å². The third kappa shape index (κ3) is 3.87. The first-order chi connectivity index (χ1) is 14.3. The van der Waals surface area contributed by atoms with Crippen molar-refractivity contribution in [1.29, 1.82) is 5.26 Å². The third-order valence-corrected chi connectivity index (χ3v) is 5.14. The van der Waals surface area contributed by atoms with E-state index in [0.29, 0.717) is 22.7 Å². The summed E-state index contributed by atoms with van der Waals surface area (Å²) in [5.41, 5.74) is 11.2. The predicted molar refractivity (Wildman–Crippen MR) is 119 cm³/mol. The SMILES string of the molecule is COc1cc(C#N)ccc1-c1c(C)c(C)nc2ccc(C(=O)N=C(N)C(C)C)cc12. The highest BCUT2D eigenvalue weighted by molar-refractivity contribution is 6.07. The summed E-state index contributed by atoms with van der Waals surface area (Å²) in [5.74, 6) is 0.480. The molecule has 0 bridgehead atoms. The summed E-state index contributed by atoms with van der Waals surface area (Å²) in [5, 5.41) is 10.0. The monoisotopic (exact) mass is 400 g/mol. The first-order valence-corrected chi connectivity index (χ1v) is 9.64. The van der Waals surface area contributed by atoms with Crippen molar-refractivity contribution in [3.63, 3.8) is 0 Å². The number of pyridine rings is 1. The number of benzene rings is 2. The van der Waals surface area contributed by atoms with Crippen LogP contribution in [0.4, 0.5) is 0 Å². The Bertz CT molecular complexity index is 1220. The number of fused-ring (bicyclic) bond motifs is 1. The van der Waals surface area contributed by atoms with E-state index in [0.717, 1.165) is 33.3 Å². The first kappa shape index (κ1) is 21.0. The summed E-state index contributed by atoms with van der Waals surface area (Å²) in [4.78, 5) is 21.4. The van der Waals surface area contributed by atoms with E-state index in [1.165, 1.54) is 0 Å². The first-order valence-electron chi connectivity index (χ1n) is 9.64. The average Bonchev–Trinajstić information content (AvgIpc) is 2.74. The zero-order valence-corrected chi connectivity index (χ0v) is 17.8. The van der Waals surface area contributed by atoms with Gasteiger partial charge in [-0.15, -0.1) is 0 Å². The van der Waals surface area contributed by atoms with E-state index in [2.05, 4.69) is 16.0 Å². The van der Waals surface area contributed by atoms with Crippen molar-refractivity contribution in [3.05, 3.63) is 58.8 Å². The quantitative estimate of drug-likeness (QED) is 0.511. The molecule has 2 aromatic carbocycles. The van der Waals surface area contributed by atoms with E-state index in [-0.39, 0.29) is 11.8 Å². The van der Waals surface area contributed by atoms with Crippen LogP contribution in [0.2, 0.25) is 0 Å². The van der Waals surface area contributed by atoms with Crippen LogP contribution in [0, 0.1) is 31.1 Å². The van der Waals surface area contributed by atoms with Crippen LogP contribution >= 0.6 is 0 Å². The summed E-state index contributed by atoms with van der Waals surface area (Å²) in [6.07, 6.45) is 0. The maximum atomic E-state index is 12.7. The van der Waals surface area contributed by atoms with Crippen LogP contribution in [0.3, 0.4) is 0 Å². The van der Waals surface area contributed by atoms with Gasteiger partial charge < -0.3 is 10.5 Å². The summed E-state index contributed by atoms with van der Waals surface area (Å²) < 4.78 is 5.57. The van der Waals surface area contributed by atoms with Gasteiger partial charge in [0.1, 0.15) is 11.6 Å². The molecule has 3 rings (SSSR count). The number of nitriles is 1. The van der Waals surface area contributed by atoms with Gasteiger partial charge in [-0.3, -0.25) is 9.78 Å². The molecule has 0 aliphatic heterocycles. The minimum absolute atomic E-state index is 0.0144. The number of amides is 1. The summed E-state index contributed by atoms with van der Waals surface area (Å²) in [6.45, 7) is 7.70. The second-order valence-corrected chi connectivity index (χ2v) is 7.45. The minimum atomic E-state index is -0.390. The number of rotatable bonds is 4. The summed E-state index contributed by atoms with van der Waals surface area (Å²) in [6, 6.07) is 12.8. The van der Waals surface area contributed by atoms with Crippen LogP contribution in [-0.2, 0) is 0 Å². The van der Waals surface area contributed by atoms with Gasteiger partial charge in [0.15, 0.2) is 0 Å². The van der Waals surface area contributed by atoms with Crippen LogP contribution in [-0.4, -0.2) is 23.8 Å². The highest BCUT2D eigenvalue weighted by Crippen LogP contribution is 2.38. The van der Waals surface area contributed by atoms with Crippen molar-refractivity contribution in [2.75, 3.05) is 7.11 Å². The van der Waals surface area contributed by atoms with E-state index in [1.54, 1.807) is 31.4 Å². The van der Waals surface area contributed by atoms with Gasteiger partial charge in [0.25, 0.3) is 5.91 Å². The molecule has 1 amide bonds. The van der Waals surface area contributed by atoms with E-state index >= 15 is 0 Å². The number of aromatic nitrogens is 1. The van der Waals surface area contributed by atoms with E-state index in [1.807, 2.05) is 39.8 Å². The molecule has 0 saturated heterocycles. The van der Waals surface area contributed by atoms with Crippen LogP contribution in [0.15, 0.2) is 41.4 Å². The molecule has 2 N–H and O–H groups in total. The van der Waals surface area contributed by atoms with Gasteiger partial charge in [0.2, 0.25) is 0 Å². The van der Waals surface area contributed by atoms with Crippen molar-refractivity contribution in [2.24, 2.45) is 16.6 Å². The van der Waals surface area contributed by atoms with Crippen molar-refractivity contribution in [3.8, 4) is 22.9 Å². The number of nitrogens with zero attached hydrogens (tertiary/aromatic N) is 3. The third-order valence-electron chi connectivity index (χ3n) is 5.14. The van der Waals surface area contributed by atoms with Gasteiger partial charge in [0.05, 0.1) is 24.3 Å². The number of aliphatic imine (C=N–C) groups is 1. The summed E-state index contributed by atoms with van der Waals surface area (Å²) in [7, 11) is 1.57. The van der Waals surface area contributed by atoms with Crippen molar-refractivity contribution < 1.29 is 9.53 Å². The lowest BCUT2D eigenvalue weighted by Gasteiger charge is -2.16. The molecule has 0 aliphatic carbocycles. The fourth-order valence-corrected chi connectivity index (χ4v) is 3.24. The van der Waals surface area contributed by atoms with Gasteiger partial charge in [-0.05, 0) is 61.4 Å². The molecule has 1 heterocycles. The number of hydrogen-bond donors (Lipinski definition) is 1. The normalized spacial score (nSPS) is 11.6. The van der Waals surface area contributed by atoms with Crippen molar-refractivity contribution >= 4 is 22.6 Å². The Morgan fingerprint density at radius 3 is 2.57 bits per heavy atom. The highest BCUT2D eigenvalue weighted by Gasteiger charge is 2.18. The zero-order valence-electron chi connectivity index (χ0n) is 17.8. The molecule has 0 aliphatic rings. The fraction of sp³-hybridized carbons (Fsp3) is 0.250. The van der Waals surface area contributed by atoms with Gasteiger partial charge >= 0.3 is 0 Å². The maximum absolute atomic E-state index is 12.7. The molecule has 0 radical (unpaired) electrons. The molecule has 6 heteroatoms.